The number of nitrogens with one attached hydrogen (secondary N) is 1. The van der Waals surface area contributed by atoms with Gasteiger partial charge in [-0.1, -0.05) is 30.1 Å². The first-order valence-corrected chi connectivity index (χ1v) is 8.41. The third-order valence-electron chi connectivity index (χ3n) is 4.56. The smallest absolute Gasteiger partial charge is 0.225 e. The Kier molecular flexibility index (Phi) is 6.43. The Hall–Kier alpha value is -0.680. The number of carbonyl (C=O) groups excluding carboxylic acids is 1. The predicted octanol–water partition coefficient (Wildman–Crippen LogP) is 3.25. The molecule has 1 amide bonds. The minimum absolute atomic E-state index is 0. The molecule has 0 saturated carbocycles. The molecular formula is C16H21Cl3N2O2. The van der Waals surface area contributed by atoms with Crippen LogP contribution in [-0.2, 0) is 4.79 Å². The highest BCUT2D eigenvalue weighted by Crippen LogP contribution is 2.28. The molecule has 3 rings (SSSR count). The highest BCUT2D eigenvalue weighted by molar-refractivity contribution is 6.42. The van der Waals surface area contributed by atoms with Crippen LogP contribution in [-0.4, -0.2) is 43.1 Å². The van der Waals surface area contributed by atoms with Gasteiger partial charge in [-0.2, -0.15) is 0 Å². The summed E-state index contributed by atoms with van der Waals surface area (Å²) in [4.78, 5) is 14.4. The quantitative estimate of drug-likeness (QED) is 0.873. The van der Waals surface area contributed by atoms with Crippen LogP contribution in [0.4, 0.5) is 0 Å². The molecule has 2 aliphatic rings. The van der Waals surface area contributed by atoms with Crippen molar-refractivity contribution >= 4 is 41.5 Å². The normalized spacial score (nSPS) is 22.2. The molecule has 2 atom stereocenters. The van der Waals surface area contributed by atoms with Gasteiger partial charge in [-0.15, -0.1) is 12.4 Å². The van der Waals surface area contributed by atoms with Crippen molar-refractivity contribution < 1.29 is 9.53 Å². The summed E-state index contributed by atoms with van der Waals surface area (Å²) < 4.78 is 5.92. The summed E-state index contributed by atoms with van der Waals surface area (Å²) in [5.74, 6) is 1.50. The summed E-state index contributed by atoms with van der Waals surface area (Å²) in [7, 11) is 0. The first kappa shape index (κ1) is 18.7. The highest BCUT2D eigenvalue weighted by atomic mass is 35.5. The third kappa shape index (κ3) is 4.24. The molecule has 0 bridgehead atoms. The average Bonchev–Trinajstić information content (AvgIpc) is 2.88. The minimum Gasteiger partial charge on any atom is -0.488 e. The maximum atomic E-state index is 12.5. The Labute approximate surface area is 152 Å². The fourth-order valence-corrected chi connectivity index (χ4v) is 3.21. The number of ether oxygens (including phenoxy) is 1. The molecule has 0 aromatic heterocycles. The van der Waals surface area contributed by atoms with Gasteiger partial charge in [0.2, 0.25) is 5.91 Å². The second kappa shape index (κ2) is 7.93. The minimum atomic E-state index is 0. The van der Waals surface area contributed by atoms with Crippen molar-refractivity contribution in [3.8, 4) is 5.75 Å². The van der Waals surface area contributed by atoms with Crippen molar-refractivity contribution in [2.45, 2.75) is 19.4 Å². The number of halogens is 3. The van der Waals surface area contributed by atoms with Crippen molar-refractivity contribution in [2.24, 2.45) is 11.8 Å². The number of nitrogens with zero attached hydrogens (tertiary/aromatic N) is 1. The lowest BCUT2D eigenvalue weighted by atomic mass is 9.88. The zero-order chi connectivity index (χ0) is 15.7. The Balaban J connectivity index is 0.00000192. The highest BCUT2D eigenvalue weighted by Gasteiger charge is 2.35. The molecule has 2 aliphatic heterocycles. The van der Waals surface area contributed by atoms with Gasteiger partial charge in [-0.05, 0) is 31.1 Å². The fraction of sp³-hybridized carbons (Fsp3) is 0.562. The zero-order valence-corrected chi connectivity index (χ0v) is 15.3. The van der Waals surface area contributed by atoms with Crippen LogP contribution in [0.5, 0.6) is 5.75 Å². The van der Waals surface area contributed by atoms with Crippen LogP contribution in [0.1, 0.15) is 13.3 Å². The van der Waals surface area contributed by atoms with E-state index in [1.165, 1.54) is 0 Å². The van der Waals surface area contributed by atoms with Crippen LogP contribution >= 0.6 is 35.6 Å². The van der Waals surface area contributed by atoms with Gasteiger partial charge in [0.1, 0.15) is 11.9 Å². The van der Waals surface area contributed by atoms with Gasteiger partial charge in [-0.25, -0.2) is 0 Å². The monoisotopic (exact) mass is 378 g/mol. The van der Waals surface area contributed by atoms with E-state index in [0.29, 0.717) is 28.3 Å². The van der Waals surface area contributed by atoms with Crippen LogP contribution in [0.25, 0.3) is 0 Å². The van der Waals surface area contributed by atoms with E-state index >= 15 is 0 Å². The summed E-state index contributed by atoms with van der Waals surface area (Å²) >= 11 is 11.9. The average molecular weight is 380 g/mol. The largest absolute Gasteiger partial charge is 0.488 e. The molecule has 0 aliphatic carbocycles. The molecule has 0 radical (unpaired) electrons. The maximum Gasteiger partial charge on any atom is 0.225 e. The number of hydrogen-bond acceptors (Lipinski definition) is 3. The van der Waals surface area contributed by atoms with Gasteiger partial charge >= 0.3 is 0 Å². The lowest BCUT2D eigenvalue weighted by Gasteiger charge is -2.33. The second-order valence-corrected chi connectivity index (χ2v) is 6.91. The standard InChI is InChI=1S/C16H20Cl2N2O2.ClH/c1-10(11-7-19-8-11)16(21)20-5-4-13(9-20)22-12-2-3-14(17)15(18)6-12;/h2-3,6,10-11,13,19H,4-5,7-9H2,1H3;1H. The molecular weight excluding hydrogens is 359 g/mol. The van der Waals surface area contributed by atoms with E-state index in [1.807, 2.05) is 11.8 Å². The lowest BCUT2D eigenvalue weighted by molar-refractivity contribution is -0.136. The zero-order valence-electron chi connectivity index (χ0n) is 12.9. The summed E-state index contributed by atoms with van der Waals surface area (Å²) in [5.41, 5.74) is 0. The molecule has 1 N–H and O–H groups in total. The van der Waals surface area contributed by atoms with Crippen molar-refractivity contribution in [1.29, 1.82) is 0 Å². The van der Waals surface area contributed by atoms with E-state index < -0.39 is 0 Å². The van der Waals surface area contributed by atoms with Crippen LogP contribution in [0.15, 0.2) is 18.2 Å². The summed E-state index contributed by atoms with van der Waals surface area (Å²) in [6, 6.07) is 5.25. The van der Waals surface area contributed by atoms with Crippen LogP contribution in [0.3, 0.4) is 0 Å². The summed E-state index contributed by atoms with van der Waals surface area (Å²) in [6.07, 6.45) is 0.870. The first-order chi connectivity index (χ1) is 10.5. The Bertz CT molecular complexity index is 566. The number of rotatable bonds is 4. The van der Waals surface area contributed by atoms with Gasteiger partial charge < -0.3 is 15.0 Å². The number of benzene rings is 1. The van der Waals surface area contributed by atoms with E-state index in [1.54, 1.807) is 18.2 Å². The third-order valence-corrected chi connectivity index (χ3v) is 5.30. The molecule has 0 spiro atoms. The van der Waals surface area contributed by atoms with Gasteiger partial charge in [0, 0.05) is 24.9 Å². The molecule has 1 aromatic rings. The van der Waals surface area contributed by atoms with Gasteiger partial charge in [0.25, 0.3) is 0 Å². The lowest BCUT2D eigenvalue weighted by Crippen LogP contribution is -2.50. The summed E-state index contributed by atoms with van der Waals surface area (Å²) in [6.45, 7) is 5.33. The van der Waals surface area contributed by atoms with Gasteiger partial charge in [-0.3, -0.25) is 4.79 Å². The number of hydrogen-bond donors (Lipinski definition) is 1. The van der Waals surface area contributed by atoms with Crippen molar-refractivity contribution in [1.82, 2.24) is 10.2 Å². The maximum absolute atomic E-state index is 12.5. The van der Waals surface area contributed by atoms with Crippen molar-refractivity contribution in [2.75, 3.05) is 26.2 Å². The van der Waals surface area contributed by atoms with Gasteiger partial charge in [0.05, 0.1) is 16.6 Å². The fourth-order valence-electron chi connectivity index (χ4n) is 2.92. The Morgan fingerprint density at radius 1 is 1.35 bits per heavy atom. The first-order valence-electron chi connectivity index (χ1n) is 7.66. The van der Waals surface area contributed by atoms with Crippen LogP contribution in [0, 0.1) is 11.8 Å². The number of amides is 1. The number of likely N-dealkylation sites (tertiary alicyclic amines) is 1. The molecule has 128 valence electrons. The SMILES string of the molecule is CC(C(=O)N1CCC(Oc2ccc(Cl)c(Cl)c2)C1)C1CNC1.Cl. The molecule has 4 nitrogen and oxygen atoms in total. The molecule has 7 heteroatoms. The predicted molar refractivity (Wildman–Crippen MR) is 94.8 cm³/mol. The molecule has 2 saturated heterocycles. The topological polar surface area (TPSA) is 41.6 Å². The molecule has 2 fully saturated rings. The van der Waals surface area contributed by atoms with E-state index in [2.05, 4.69) is 5.32 Å². The molecule has 1 aromatic carbocycles. The Morgan fingerprint density at radius 2 is 2.09 bits per heavy atom. The van der Waals surface area contributed by atoms with E-state index in [0.717, 1.165) is 26.1 Å². The van der Waals surface area contributed by atoms with Gasteiger partial charge in [0.15, 0.2) is 0 Å². The van der Waals surface area contributed by atoms with Crippen molar-refractivity contribution in [3.63, 3.8) is 0 Å². The van der Waals surface area contributed by atoms with E-state index in [4.69, 9.17) is 27.9 Å². The van der Waals surface area contributed by atoms with E-state index in [9.17, 15) is 4.79 Å². The molecule has 2 heterocycles. The Morgan fingerprint density at radius 3 is 2.70 bits per heavy atom. The second-order valence-electron chi connectivity index (χ2n) is 6.10. The molecule has 23 heavy (non-hydrogen) atoms. The van der Waals surface area contributed by atoms with Crippen LogP contribution in [0.2, 0.25) is 10.0 Å². The number of carbonyl (C=O) groups is 1. The van der Waals surface area contributed by atoms with Crippen molar-refractivity contribution in [3.05, 3.63) is 28.2 Å². The summed E-state index contributed by atoms with van der Waals surface area (Å²) in [5, 5.41) is 4.22. The molecule has 2 unspecified atom stereocenters. The van der Waals surface area contributed by atoms with Crippen LogP contribution < -0.4 is 10.1 Å². The van der Waals surface area contributed by atoms with E-state index in [-0.39, 0.29) is 30.3 Å².